The molecule has 3 aromatic carbocycles. The van der Waals surface area contributed by atoms with Gasteiger partial charge < -0.3 is 9.64 Å². The largest absolute Gasteiger partial charge is 0.445 e. The molecule has 1 fully saturated rings. The Labute approximate surface area is 189 Å². The molecule has 1 atom stereocenters. The van der Waals surface area contributed by atoms with Gasteiger partial charge in [-0.15, -0.1) is 0 Å². The second kappa shape index (κ2) is 9.99. The highest BCUT2D eigenvalue weighted by atomic mass is 35.5. The molecule has 4 rings (SSSR count). The van der Waals surface area contributed by atoms with Gasteiger partial charge in [-0.25, -0.2) is 4.79 Å². The van der Waals surface area contributed by atoms with Crippen molar-refractivity contribution in [2.24, 2.45) is 0 Å². The first kappa shape index (κ1) is 21.4. The maximum atomic E-state index is 12.6. The van der Waals surface area contributed by atoms with Crippen LogP contribution in [0.1, 0.15) is 28.3 Å². The van der Waals surface area contributed by atoms with Gasteiger partial charge in [0.2, 0.25) is 0 Å². The SMILES string of the molecule is Cc1ccccc1COC(=O)N1CCN(C(c2ccccc2)c2ccc(Cl)cc2)CC1. The number of carbonyl (C=O) groups is 1. The van der Waals surface area contributed by atoms with Gasteiger partial charge in [0.25, 0.3) is 0 Å². The Kier molecular flexibility index (Phi) is 6.90. The van der Waals surface area contributed by atoms with Crippen molar-refractivity contribution in [3.8, 4) is 0 Å². The van der Waals surface area contributed by atoms with E-state index in [4.69, 9.17) is 16.3 Å². The van der Waals surface area contributed by atoms with Crippen molar-refractivity contribution in [3.63, 3.8) is 0 Å². The number of amides is 1. The van der Waals surface area contributed by atoms with Crippen molar-refractivity contribution < 1.29 is 9.53 Å². The van der Waals surface area contributed by atoms with E-state index in [1.54, 1.807) is 4.90 Å². The fourth-order valence-electron chi connectivity index (χ4n) is 4.06. The predicted molar refractivity (Wildman–Crippen MR) is 124 cm³/mol. The molecular weight excluding hydrogens is 408 g/mol. The van der Waals surface area contributed by atoms with Crippen LogP contribution in [0.15, 0.2) is 78.9 Å². The van der Waals surface area contributed by atoms with Crippen LogP contribution in [0, 0.1) is 6.92 Å². The summed E-state index contributed by atoms with van der Waals surface area (Å²) in [5.41, 5.74) is 4.61. The molecule has 1 saturated heterocycles. The Morgan fingerprint density at radius 1 is 0.871 bits per heavy atom. The Bertz CT molecular complexity index is 999. The number of benzene rings is 3. The van der Waals surface area contributed by atoms with Gasteiger partial charge in [0.1, 0.15) is 6.61 Å². The van der Waals surface area contributed by atoms with Crippen molar-refractivity contribution in [1.82, 2.24) is 9.80 Å². The van der Waals surface area contributed by atoms with E-state index in [2.05, 4.69) is 41.3 Å². The summed E-state index contributed by atoms with van der Waals surface area (Å²) < 4.78 is 5.58. The van der Waals surface area contributed by atoms with Gasteiger partial charge in [-0.05, 0) is 41.3 Å². The Balaban J connectivity index is 1.41. The molecule has 0 N–H and O–H groups in total. The lowest BCUT2D eigenvalue weighted by molar-refractivity contribution is 0.0644. The zero-order chi connectivity index (χ0) is 21.6. The summed E-state index contributed by atoms with van der Waals surface area (Å²) in [6, 6.07) is 26.6. The highest BCUT2D eigenvalue weighted by Crippen LogP contribution is 2.30. The fraction of sp³-hybridized carbons (Fsp3) is 0.269. The van der Waals surface area contributed by atoms with Gasteiger partial charge in [0.15, 0.2) is 0 Å². The molecule has 0 aromatic heterocycles. The summed E-state index contributed by atoms with van der Waals surface area (Å²) in [5, 5.41) is 0.733. The van der Waals surface area contributed by atoms with Crippen LogP contribution in [-0.4, -0.2) is 42.1 Å². The van der Waals surface area contributed by atoms with Crippen LogP contribution < -0.4 is 0 Å². The lowest BCUT2D eigenvalue weighted by atomic mass is 9.96. The molecule has 31 heavy (non-hydrogen) atoms. The highest BCUT2D eigenvalue weighted by molar-refractivity contribution is 6.30. The first-order chi connectivity index (χ1) is 15.1. The molecule has 0 radical (unpaired) electrons. The maximum Gasteiger partial charge on any atom is 0.410 e. The van der Waals surface area contributed by atoms with E-state index in [9.17, 15) is 4.79 Å². The zero-order valence-corrected chi connectivity index (χ0v) is 18.5. The molecule has 1 aliphatic heterocycles. The Hall–Kier alpha value is -2.82. The van der Waals surface area contributed by atoms with Gasteiger partial charge in [0, 0.05) is 31.2 Å². The molecule has 4 nitrogen and oxygen atoms in total. The van der Waals surface area contributed by atoms with Crippen LogP contribution in [0.5, 0.6) is 0 Å². The summed E-state index contributed by atoms with van der Waals surface area (Å²) in [4.78, 5) is 16.8. The van der Waals surface area contributed by atoms with Crippen LogP contribution in [-0.2, 0) is 11.3 Å². The molecule has 0 spiro atoms. The van der Waals surface area contributed by atoms with Crippen molar-refractivity contribution in [2.75, 3.05) is 26.2 Å². The van der Waals surface area contributed by atoms with E-state index >= 15 is 0 Å². The van der Waals surface area contributed by atoms with Gasteiger partial charge >= 0.3 is 6.09 Å². The predicted octanol–water partition coefficient (Wildman–Crippen LogP) is 5.69. The minimum atomic E-state index is -0.245. The molecule has 1 amide bonds. The van der Waals surface area contributed by atoms with Gasteiger partial charge in [-0.1, -0.05) is 78.3 Å². The fourth-order valence-corrected chi connectivity index (χ4v) is 4.19. The number of ether oxygens (including phenoxy) is 1. The Morgan fingerprint density at radius 3 is 2.16 bits per heavy atom. The minimum absolute atomic E-state index is 0.128. The molecule has 1 aliphatic rings. The lowest BCUT2D eigenvalue weighted by Gasteiger charge is -2.39. The van der Waals surface area contributed by atoms with Crippen molar-refractivity contribution >= 4 is 17.7 Å². The quantitative estimate of drug-likeness (QED) is 0.517. The van der Waals surface area contributed by atoms with Crippen LogP contribution in [0.3, 0.4) is 0 Å². The van der Waals surface area contributed by atoms with Crippen molar-refractivity contribution in [2.45, 2.75) is 19.6 Å². The van der Waals surface area contributed by atoms with Crippen molar-refractivity contribution in [1.29, 1.82) is 0 Å². The van der Waals surface area contributed by atoms with E-state index in [1.807, 2.05) is 49.4 Å². The molecule has 1 heterocycles. The molecule has 0 aliphatic carbocycles. The summed E-state index contributed by atoms with van der Waals surface area (Å²) in [6.45, 7) is 5.18. The third-order valence-electron chi connectivity index (χ3n) is 5.85. The number of hydrogen-bond donors (Lipinski definition) is 0. The average Bonchev–Trinajstić information content (AvgIpc) is 2.81. The number of carbonyl (C=O) groups excluding carboxylic acids is 1. The number of halogens is 1. The van der Waals surface area contributed by atoms with E-state index in [1.165, 1.54) is 11.1 Å². The third kappa shape index (κ3) is 5.27. The second-order valence-electron chi connectivity index (χ2n) is 7.87. The number of rotatable bonds is 5. The average molecular weight is 435 g/mol. The minimum Gasteiger partial charge on any atom is -0.445 e. The summed E-state index contributed by atoms with van der Waals surface area (Å²) in [7, 11) is 0. The first-order valence-corrected chi connectivity index (χ1v) is 11.0. The monoisotopic (exact) mass is 434 g/mol. The molecule has 160 valence electrons. The number of aryl methyl sites for hydroxylation is 1. The second-order valence-corrected chi connectivity index (χ2v) is 8.31. The number of piperazine rings is 1. The number of nitrogens with zero attached hydrogens (tertiary/aromatic N) is 2. The van der Waals surface area contributed by atoms with Gasteiger partial charge in [0.05, 0.1) is 6.04 Å². The van der Waals surface area contributed by atoms with E-state index in [0.717, 1.165) is 29.2 Å². The summed E-state index contributed by atoms with van der Waals surface area (Å²) in [5.74, 6) is 0. The zero-order valence-electron chi connectivity index (χ0n) is 17.7. The van der Waals surface area contributed by atoms with E-state index in [0.29, 0.717) is 19.7 Å². The highest BCUT2D eigenvalue weighted by Gasteiger charge is 2.28. The van der Waals surface area contributed by atoms with E-state index in [-0.39, 0.29) is 12.1 Å². The standard InChI is InChI=1S/C26H27ClN2O2/c1-20-7-5-6-10-23(20)19-31-26(30)29-17-15-28(16-18-29)25(21-8-3-2-4-9-21)22-11-13-24(27)14-12-22/h2-14,25H,15-19H2,1H3. The lowest BCUT2D eigenvalue weighted by Crippen LogP contribution is -2.50. The van der Waals surface area contributed by atoms with Crippen LogP contribution in [0.25, 0.3) is 0 Å². The first-order valence-electron chi connectivity index (χ1n) is 10.6. The maximum absolute atomic E-state index is 12.6. The number of hydrogen-bond acceptors (Lipinski definition) is 3. The van der Waals surface area contributed by atoms with Crippen LogP contribution in [0.4, 0.5) is 4.79 Å². The summed E-state index contributed by atoms with van der Waals surface area (Å²) in [6.07, 6.45) is -0.245. The molecular formula is C26H27ClN2O2. The Morgan fingerprint density at radius 2 is 1.48 bits per heavy atom. The van der Waals surface area contributed by atoms with Crippen LogP contribution in [0.2, 0.25) is 5.02 Å². The van der Waals surface area contributed by atoms with Gasteiger partial charge in [-0.2, -0.15) is 0 Å². The third-order valence-corrected chi connectivity index (χ3v) is 6.10. The van der Waals surface area contributed by atoms with Crippen LogP contribution >= 0.6 is 11.6 Å². The topological polar surface area (TPSA) is 32.8 Å². The molecule has 3 aromatic rings. The summed E-state index contributed by atoms with van der Waals surface area (Å²) >= 11 is 6.11. The van der Waals surface area contributed by atoms with Crippen molar-refractivity contribution in [3.05, 3.63) is 106 Å². The molecule has 0 saturated carbocycles. The molecule has 0 bridgehead atoms. The smallest absolute Gasteiger partial charge is 0.410 e. The molecule has 5 heteroatoms. The van der Waals surface area contributed by atoms with E-state index < -0.39 is 0 Å². The molecule has 1 unspecified atom stereocenters. The van der Waals surface area contributed by atoms with Gasteiger partial charge in [-0.3, -0.25) is 4.90 Å². The normalized spacial score (nSPS) is 15.5.